The molecule has 0 bridgehead atoms. The van der Waals surface area contributed by atoms with Gasteiger partial charge in [-0.3, -0.25) is 0 Å². The van der Waals surface area contributed by atoms with Crippen molar-refractivity contribution in [2.45, 2.75) is 6.42 Å². The molecular formula is C4H6F. The Bertz CT molecular complexity index is 30.6. The van der Waals surface area contributed by atoms with E-state index < -0.39 is 0 Å². The van der Waals surface area contributed by atoms with Crippen LogP contribution in [0.3, 0.4) is 0 Å². The molecule has 0 fully saturated rings. The number of halogens is 1. The van der Waals surface area contributed by atoms with Crippen molar-refractivity contribution >= 4 is 0 Å². The van der Waals surface area contributed by atoms with Crippen molar-refractivity contribution in [3.63, 3.8) is 0 Å². The van der Waals surface area contributed by atoms with Crippen LogP contribution in [0.5, 0.6) is 0 Å². The second-order valence-corrected chi connectivity index (χ2v) is 0.650. The highest BCUT2D eigenvalue weighted by molar-refractivity contribution is 4.71. The van der Waals surface area contributed by atoms with E-state index >= 15 is 0 Å². The van der Waals surface area contributed by atoms with Gasteiger partial charge in [0.25, 0.3) is 0 Å². The maximum atomic E-state index is 10.8. The molecule has 0 amide bonds. The van der Waals surface area contributed by atoms with Crippen LogP contribution in [0.4, 0.5) is 4.39 Å². The predicted molar refractivity (Wildman–Crippen MR) is 20.2 cm³/mol. The van der Waals surface area contributed by atoms with Gasteiger partial charge >= 0.3 is 0 Å². The minimum absolute atomic E-state index is 0.493. The van der Waals surface area contributed by atoms with E-state index in [0.29, 0.717) is 12.8 Å². The molecule has 0 saturated carbocycles. The van der Waals surface area contributed by atoms with Crippen LogP contribution in [0.15, 0.2) is 12.4 Å². The van der Waals surface area contributed by atoms with Gasteiger partial charge in [-0.15, -0.1) is 0 Å². The molecule has 0 aromatic heterocycles. The Kier molecular flexibility index (Phi) is 3.43. The minimum Gasteiger partial charge on any atom is -0.216 e. The number of hydrogen-bond donors (Lipinski definition) is 0. The molecule has 0 aliphatic heterocycles. The summed E-state index contributed by atoms with van der Waals surface area (Å²) < 4.78 is 10.8. The Morgan fingerprint density at radius 2 is 2.40 bits per heavy atom. The van der Waals surface area contributed by atoms with Crippen molar-refractivity contribution in [3.8, 4) is 0 Å². The third kappa shape index (κ3) is 3.67. The molecule has 0 spiro atoms. The summed E-state index contributed by atoms with van der Waals surface area (Å²) in [7, 11) is 0. The van der Waals surface area contributed by atoms with Crippen molar-refractivity contribution in [3.05, 3.63) is 19.3 Å². The fraction of sp³-hybridized carbons (Fsp3) is 0.250. The van der Waals surface area contributed by atoms with Gasteiger partial charge in [-0.05, 0) is 13.3 Å². The van der Waals surface area contributed by atoms with Crippen LogP contribution in [0, 0.1) is 6.92 Å². The quantitative estimate of drug-likeness (QED) is 0.443. The Hall–Kier alpha value is -0.330. The lowest BCUT2D eigenvalue weighted by Gasteiger charge is -1.62. The second kappa shape index (κ2) is 3.67. The van der Waals surface area contributed by atoms with Crippen LogP contribution in [-0.2, 0) is 0 Å². The van der Waals surface area contributed by atoms with Gasteiger partial charge in [0.15, 0.2) is 0 Å². The standard InChI is InChI=1S/C4H6F/c1-2-3-4-5/h3-4H,1-2H2. The number of allylic oxidation sites excluding steroid dienone is 1. The molecule has 0 aromatic rings. The van der Waals surface area contributed by atoms with E-state index in [-0.39, 0.29) is 0 Å². The molecule has 0 aliphatic rings. The van der Waals surface area contributed by atoms with Gasteiger partial charge in [-0.1, -0.05) is 6.08 Å². The van der Waals surface area contributed by atoms with E-state index in [0.717, 1.165) is 0 Å². The first kappa shape index (κ1) is 4.67. The third-order valence-electron chi connectivity index (χ3n) is 0.256. The SMILES string of the molecule is [CH2]CC=CF. The summed E-state index contributed by atoms with van der Waals surface area (Å²) in [6.45, 7) is 3.35. The summed E-state index contributed by atoms with van der Waals surface area (Å²) in [5.41, 5.74) is 0. The molecule has 1 heteroatoms. The Morgan fingerprint density at radius 1 is 1.80 bits per heavy atom. The molecule has 0 atom stereocenters. The first-order valence-electron chi connectivity index (χ1n) is 1.46. The van der Waals surface area contributed by atoms with Gasteiger partial charge < -0.3 is 0 Å². The summed E-state index contributed by atoms with van der Waals surface area (Å²) in [6, 6.07) is 0. The fourth-order valence-corrected chi connectivity index (χ4v) is 0.0630. The zero-order chi connectivity index (χ0) is 4.12. The molecule has 0 saturated heterocycles. The van der Waals surface area contributed by atoms with Crippen molar-refractivity contribution in [1.29, 1.82) is 0 Å². The van der Waals surface area contributed by atoms with E-state index in [1.165, 1.54) is 6.08 Å². The van der Waals surface area contributed by atoms with Gasteiger partial charge in [0.1, 0.15) is 0 Å². The lowest BCUT2D eigenvalue weighted by atomic mass is 10.5. The van der Waals surface area contributed by atoms with E-state index in [2.05, 4.69) is 6.92 Å². The molecule has 5 heavy (non-hydrogen) atoms. The highest BCUT2D eigenvalue weighted by Gasteiger charge is 1.55. The van der Waals surface area contributed by atoms with Gasteiger partial charge in [0.2, 0.25) is 0 Å². The van der Waals surface area contributed by atoms with Crippen LogP contribution in [0.2, 0.25) is 0 Å². The molecule has 0 N–H and O–H groups in total. The predicted octanol–water partition coefficient (Wildman–Crippen LogP) is 1.69. The van der Waals surface area contributed by atoms with Crippen molar-refractivity contribution < 1.29 is 4.39 Å². The summed E-state index contributed by atoms with van der Waals surface area (Å²) in [5, 5.41) is 0. The highest BCUT2D eigenvalue weighted by Crippen LogP contribution is 1.75. The average molecular weight is 73.1 g/mol. The maximum absolute atomic E-state index is 10.8. The van der Waals surface area contributed by atoms with Gasteiger partial charge in [0.05, 0.1) is 6.33 Å². The van der Waals surface area contributed by atoms with Crippen molar-refractivity contribution in [2.24, 2.45) is 0 Å². The zero-order valence-electron chi connectivity index (χ0n) is 2.95. The van der Waals surface area contributed by atoms with Crippen LogP contribution < -0.4 is 0 Å². The van der Waals surface area contributed by atoms with Crippen molar-refractivity contribution in [1.82, 2.24) is 0 Å². The monoisotopic (exact) mass is 73.0 g/mol. The minimum atomic E-state index is 0.493. The van der Waals surface area contributed by atoms with Crippen LogP contribution in [0.1, 0.15) is 6.42 Å². The summed E-state index contributed by atoms with van der Waals surface area (Å²) in [5.74, 6) is 0. The van der Waals surface area contributed by atoms with E-state index in [1.807, 2.05) is 0 Å². The summed E-state index contributed by atoms with van der Waals surface area (Å²) in [6.07, 6.45) is 2.38. The van der Waals surface area contributed by atoms with E-state index in [1.54, 1.807) is 0 Å². The first-order valence-corrected chi connectivity index (χ1v) is 1.46. The Labute approximate surface area is 31.3 Å². The topological polar surface area (TPSA) is 0 Å². The average Bonchev–Trinajstić information content (AvgIpc) is 1.41. The molecule has 0 nitrogen and oxygen atoms in total. The molecule has 0 aliphatic carbocycles. The smallest absolute Gasteiger partial charge is 0.0827 e. The molecular weight excluding hydrogens is 67.0 g/mol. The van der Waals surface area contributed by atoms with E-state index in [4.69, 9.17) is 0 Å². The Balaban J connectivity index is 2.62. The molecule has 29 valence electrons. The third-order valence-corrected chi connectivity index (χ3v) is 0.256. The van der Waals surface area contributed by atoms with Crippen molar-refractivity contribution in [2.75, 3.05) is 0 Å². The number of hydrogen-bond acceptors (Lipinski definition) is 0. The van der Waals surface area contributed by atoms with Gasteiger partial charge in [0, 0.05) is 0 Å². The van der Waals surface area contributed by atoms with Crippen LogP contribution >= 0.6 is 0 Å². The molecule has 0 rings (SSSR count). The second-order valence-electron chi connectivity index (χ2n) is 0.650. The summed E-state index contributed by atoms with van der Waals surface area (Å²) in [4.78, 5) is 0. The van der Waals surface area contributed by atoms with Gasteiger partial charge in [-0.25, -0.2) is 4.39 Å². The fourth-order valence-electron chi connectivity index (χ4n) is 0.0630. The zero-order valence-corrected chi connectivity index (χ0v) is 2.95. The first-order chi connectivity index (χ1) is 2.41. The lowest BCUT2D eigenvalue weighted by Crippen LogP contribution is -1.43. The normalized spacial score (nSPS) is 10.0. The van der Waals surface area contributed by atoms with E-state index in [9.17, 15) is 4.39 Å². The maximum Gasteiger partial charge on any atom is 0.0827 e. The van der Waals surface area contributed by atoms with Gasteiger partial charge in [-0.2, -0.15) is 0 Å². The molecule has 1 radical (unpaired) electrons. The van der Waals surface area contributed by atoms with Crippen LogP contribution in [0.25, 0.3) is 0 Å². The van der Waals surface area contributed by atoms with Crippen LogP contribution in [-0.4, -0.2) is 0 Å². The largest absolute Gasteiger partial charge is 0.216 e. The molecule has 0 aromatic carbocycles. The molecule has 0 unspecified atom stereocenters. The lowest BCUT2D eigenvalue weighted by molar-refractivity contribution is 0.717. The molecule has 0 heterocycles. The summed E-state index contributed by atoms with van der Waals surface area (Å²) >= 11 is 0. The number of rotatable bonds is 1. The highest BCUT2D eigenvalue weighted by atomic mass is 19.1. The Morgan fingerprint density at radius 3 is 2.40 bits per heavy atom.